The maximum absolute atomic E-state index is 3.53. The smallest absolute Gasteiger partial charge is 0.0140 e. The molecule has 1 atom stereocenters. The third-order valence-corrected chi connectivity index (χ3v) is 2.75. The van der Waals surface area contributed by atoms with Gasteiger partial charge in [0.2, 0.25) is 0 Å². The summed E-state index contributed by atoms with van der Waals surface area (Å²) in [5, 5.41) is 3.53. The molecule has 0 aliphatic carbocycles. The lowest BCUT2D eigenvalue weighted by atomic mass is 9.88. The molecule has 0 radical (unpaired) electrons. The lowest BCUT2D eigenvalue weighted by Crippen LogP contribution is -2.37. The van der Waals surface area contributed by atoms with E-state index in [-0.39, 0.29) is 0 Å². The Morgan fingerprint density at radius 1 is 1.33 bits per heavy atom. The molecule has 1 aliphatic rings. The second-order valence-corrected chi connectivity index (χ2v) is 4.40. The largest absolute Gasteiger partial charge is 0.310 e. The van der Waals surface area contributed by atoms with E-state index in [0.717, 1.165) is 18.4 Å². The molecule has 0 saturated carbocycles. The maximum Gasteiger partial charge on any atom is 0.0140 e. The first-order chi connectivity index (χ1) is 5.61. The Morgan fingerprint density at radius 2 is 2.00 bits per heavy atom. The minimum absolute atomic E-state index is 0.701. The first-order valence-corrected chi connectivity index (χ1v) is 5.03. The van der Waals surface area contributed by atoms with Gasteiger partial charge < -0.3 is 5.32 Å². The molecule has 1 aliphatic heterocycles. The summed E-state index contributed by atoms with van der Waals surface area (Å²) in [6.07, 6.45) is 3.60. The average Bonchev–Trinajstić information content (AvgIpc) is 2.04. The minimum Gasteiger partial charge on any atom is -0.310 e. The summed E-state index contributed by atoms with van der Waals surface area (Å²) in [7, 11) is 0. The van der Waals surface area contributed by atoms with Crippen molar-refractivity contribution in [2.45, 2.75) is 40.2 Å². The van der Waals surface area contributed by atoms with E-state index in [4.69, 9.17) is 0 Å². The molecule has 1 heterocycles. The highest BCUT2D eigenvalue weighted by molar-refractivity contribution is 5.11. The highest BCUT2D eigenvalue weighted by Gasteiger charge is 2.18. The summed E-state index contributed by atoms with van der Waals surface area (Å²) in [6, 6.07) is 0.701. The standard InChI is InChI=1S/C11H21N/c1-8(2)10-5-6-12-11(7-10)9(3)4/h5,8-9,11-12H,6-7H2,1-4H3. The van der Waals surface area contributed by atoms with Gasteiger partial charge in [0.25, 0.3) is 0 Å². The van der Waals surface area contributed by atoms with Crippen LogP contribution in [0, 0.1) is 11.8 Å². The van der Waals surface area contributed by atoms with Gasteiger partial charge in [-0.1, -0.05) is 39.3 Å². The van der Waals surface area contributed by atoms with Crippen LogP contribution in [0.5, 0.6) is 0 Å². The second kappa shape index (κ2) is 4.08. The molecule has 12 heavy (non-hydrogen) atoms. The number of hydrogen-bond acceptors (Lipinski definition) is 1. The van der Waals surface area contributed by atoms with Crippen molar-refractivity contribution in [3.8, 4) is 0 Å². The van der Waals surface area contributed by atoms with Gasteiger partial charge in [0, 0.05) is 12.6 Å². The molecule has 1 heteroatoms. The zero-order valence-electron chi connectivity index (χ0n) is 8.72. The summed E-state index contributed by atoms with van der Waals surface area (Å²) in [5.41, 5.74) is 1.63. The molecule has 0 aromatic carbocycles. The van der Waals surface area contributed by atoms with Crippen molar-refractivity contribution in [3.05, 3.63) is 11.6 Å². The van der Waals surface area contributed by atoms with Gasteiger partial charge in [0.05, 0.1) is 0 Å². The molecule has 1 rings (SSSR count). The van der Waals surface area contributed by atoms with Gasteiger partial charge in [-0.2, -0.15) is 0 Å². The molecule has 0 aromatic heterocycles. The van der Waals surface area contributed by atoms with E-state index >= 15 is 0 Å². The molecule has 1 unspecified atom stereocenters. The Hall–Kier alpha value is -0.300. The van der Waals surface area contributed by atoms with Crippen molar-refractivity contribution < 1.29 is 0 Å². The normalized spacial score (nSPS) is 24.8. The van der Waals surface area contributed by atoms with Crippen LogP contribution in [0.4, 0.5) is 0 Å². The summed E-state index contributed by atoms with van der Waals surface area (Å²) in [4.78, 5) is 0. The molecule has 1 N–H and O–H groups in total. The zero-order chi connectivity index (χ0) is 9.14. The molecular weight excluding hydrogens is 146 g/mol. The lowest BCUT2D eigenvalue weighted by Gasteiger charge is -2.28. The second-order valence-electron chi connectivity index (χ2n) is 4.40. The van der Waals surface area contributed by atoms with E-state index in [1.165, 1.54) is 6.42 Å². The monoisotopic (exact) mass is 167 g/mol. The fraction of sp³-hybridized carbons (Fsp3) is 0.818. The van der Waals surface area contributed by atoms with Crippen LogP contribution >= 0.6 is 0 Å². The van der Waals surface area contributed by atoms with Gasteiger partial charge in [-0.3, -0.25) is 0 Å². The fourth-order valence-electron chi connectivity index (χ4n) is 1.69. The van der Waals surface area contributed by atoms with Crippen molar-refractivity contribution in [3.63, 3.8) is 0 Å². The summed E-state index contributed by atoms with van der Waals surface area (Å²) in [6.45, 7) is 10.2. The Labute approximate surface area is 76.2 Å². The van der Waals surface area contributed by atoms with Gasteiger partial charge in [-0.15, -0.1) is 0 Å². The highest BCUT2D eigenvalue weighted by atomic mass is 14.9. The van der Waals surface area contributed by atoms with E-state index in [1.807, 2.05) is 0 Å². The Balaban J connectivity index is 2.53. The van der Waals surface area contributed by atoms with E-state index in [0.29, 0.717) is 6.04 Å². The molecule has 1 nitrogen and oxygen atoms in total. The molecule has 0 spiro atoms. The van der Waals surface area contributed by atoms with Gasteiger partial charge in [-0.05, 0) is 18.3 Å². The molecule has 0 amide bonds. The third-order valence-electron chi connectivity index (χ3n) is 2.75. The van der Waals surface area contributed by atoms with Crippen LogP contribution < -0.4 is 5.32 Å². The van der Waals surface area contributed by atoms with Gasteiger partial charge in [0.15, 0.2) is 0 Å². The minimum atomic E-state index is 0.701. The van der Waals surface area contributed by atoms with Crippen LogP contribution in [0.3, 0.4) is 0 Å². The number of rotatable bonds is 2. The van der Waals surface area contributed by atoms with E-state index in [2.05, 4.69) is 39.1 Å². The molecule has 0 saturated heterocycles. The van der Waals surface area contributed by atoms with E-state index < -0.39 is 0 Å². The predicted octanol–water partition coefficient (Wildman–Crippen LogP) is 2.59. The molecule has 70 valence electrons. The average molecular weight is 167 g/mol. The van der Waals surface area contributed by atoms with Crippen molar-refractivity contribution in [2.24, 2.45) is 11.8 Å². The fourth-order valence-corrected chi connectivity index (χ4v) is 1.69. The number of nitrogens with one attached hydrogen (secondary N) is 1. The van der Waals surface area contributed by atoms with Crippen molar-refractivity contribution in [1.82, 2.24) is 5.32 Å². The first kappa shape index (κ1) is 9.79. The lowest BCUT2D eigenvalue weighted by molar-refractivity contribution is 0.386. The third kappa shape index (κ3) is 2.34. The highest BCUT2D eigenvalue weighted by Crippen LogP contribution is 2.22. The first-order valence-electron chi connectivity index (χ1n) is 5.03. The maximum atomic E-state index is 3.53. The van der Waals surface area contributed by atoms with Crippen LogP contribution in [0.15, 0.2) is 11.6 Å². The summed E-state index contributed by atoms with van der Waals surface area (Å²) >= 11 is 0. The van der Waals surface area contributed by atoms with Crippen LogP contribution in [-0.4, -0.2) is 12.6 Å². The van der Waals surface area contributed by atoms with Crippen molar-refractivity contribution >= 4 is 0 Å². The quantitative estimate of drug-likeness (QED) is 0.623. The van der Waals surface area contributed by atoms with E-state index in [1.54, 1.807) is 5.57 Å². The number of hydrogen-bond donors (Lipinski definition) is 1. The van der Waals surface area contributed by atoms with Crippen molar-refractivity contribution in [2.75, 3.05) is 6.54 Å². The summed E-state index contributed by atoms with van der Waals surface area (Å²) in [5.74, 6) is 1.49. The SMILES string of the molecule is CC(C)C1=CCNC(C(C)C)C1. The van der Waals surface area contributed by atoms with Gasteiger partial charge in [0.1, 0.15) is 0 Å². The molecule has 0 aromatic rings. The van der Waals surface area contributed by atoms with Gasteiger partial charge >= 0.3 is 0 Å². The summed E-state index contributed by atoms with van der Waals surface area (Å²) < 4.78 is 0. The van der Waals surface area contributed by atoms with Crippen molar-refractivity contribution in [1.29, 1.82) is 0 Å². The zero-order valence-corrected chi connectivity index (χ0v) is 8.72. The Kier molecular flexibility index (Phi) is 3.33. The molecule has 0 bridgehead atoms. The van der Waals surface area contributed by atoms with Crippen LogP contribution in [0.1, 0.15) is 34.1 Å². The van der Waals surface area contributed by atoms with Crippen LogP contribution in [0.2, 0.25) is 0 Å². The topological polar surface area (TPSA) is 12.0 Å². The van der Waals surface area contributed by atoms with Gasteiger partial charge in [-0.25, -0.2) is 0 Å². The predicted molar refractivity (Wildman–Crippen MR) is 54.2 cm³/mol. The van der Waals surface area contributed by atoms with Crippen LogP contribution in [-0.2, 0) is 0 Å². The molecular formula is C11H21N. The van der Waals surface area contributed by atoms with E-state index in [9.17, 15) is 0 Å². The Bertz CT molecular complexity index is 168. The Morgan fingerprint density at radius 3 is 2.50 bits per heavy atom. The molecule has 0 fully saturated rings. The van der Waals surface area contributed by atoms with Crippen LogP contribution in [0.25, 0.3) is 0 Å².